The summed E-state index contributed by atoms with van der Waals surface area (Å²) in [5.41, 5.74) is 4.43. The Balaban J connectivity index is 1.25. The highest BCUT2D eigenvalue weighted by Crippen LogP contribution is 2.30. The Morgan fingerprint density at radius 2 is 1.76 bits per heavy atom. The number of carbonyl (C=O) groups excluding carboxylic acids is 2. The van der Waals surface area contributed by atoms with Crippen LogP contribution in [0.1, 0.15) is 28.8 Å². The van der Waals surface area contributed by atoms with E-state index in [4.69, 9.17) is 26.3 Å². The fourth-order valence-electron chi connectivity index (χ4n) is 3.70. The van der Waals surface area contributed by atoms with Gasteiger partial charge in [0.05, 0.1) is 12.8 Å². The average Bonchev–Trinajstić information content (AvgIpc) is 2.99. The Hall–Kier alpha value is -4.93. The maximum atomic E-state index is 11.6. The van der Waals surface area contributed by atoms with Crippen LogP contribution in [0.2, 0.25) is 5.02 Å². The number of nitrogens with zero attached hydrogens (tertiary/aromatic N) is 2. The first kappa shape index (κ1) is 29.1. The predicted octanol–water partition coefficient (Wildman–Crippen LogP) is 6.31. The molecule has 4 aromatic rings. The van der Waals surface area contributed by atoms with E-state index in [1.54, 1.807) is 41.9 Å². The second kappa shape index (κ2) is 14.5. The van der Waals surface area contributed by atoms with Crippen LogP contribution < -0.4 is 25.6 Å². The molecule has 210 valence electrons. The number of amides is 2. The number of ether oxygens (including phenoxy) is 2. The molecular formula is C30H28ClN5O5. The zero-order chi connectivity index (χ0) is 29.0. The van der Waals surface area contributed by atoms with Gasteiger partial charge in [-0.1, -0.05) is 36.4 Å². The van der Waals surface area contributed by atoms with Crippen LogP contribution in [0.4, 0.5) is 17.3 Å². The zero-order valence-electron chi connectivity index (χ0n) is 22.0. The second-order valence-corrected chi connectivity index (χ2v) is 9.17. The SMILES string of the molecule is C=CC(=O)Nc1cccc(Oc2nc(Nc3ccc(OCCCCc4ccc(C(=O)NO)cc4)cc3)ncc2Cl)c1. The van der Waals surface area contributed by atoms with E-state index in [0.29, 0.717) is 29.6 Å². The van der Waals surface area contributed by atoms with Crippen LogP contribution in [0.5, 0.6) is 17.4 Å². The van der Waals surface area contributed by atoms with E-state index in [0.717, 1.165) is 36.3 Å². The maximum absolute atomic E-state index is 11.6. The Kier molecular flexibility index (Phi) is 10.2. The van der Waals surface area contributed by atoms with Crippen LogP contribution in [0, 0.1) is 0 Å². The van der Waals surface area contributed by atoms with Gasteiger partial charge in [-0.05, 0) is 79.4 Å². The van der Waals surface area contributed by atoms with Gasteiger partial charge in [0.15, 0.2) is 0 Å². The lowest BCUT2D eigenvalue weighted by molar-refractivity contribution is -0.111. The molecule has 0 saturated heterocycles. The summed E-state index contributed by atoms with van der Waals surface area (Å²) in [6, 6.07) is 21.3. The molecule has 4 N–H and O–H groups in total. The molecule has 4 rings (SSSR count). The number of benzene rings is 3. The van der Waals surface area contributed by atoms with Crippen LogP contribution in [-0.2, 0) is 11.2 Å². The topological polar surface area (TPSA) is 135 Å². The summed E-state index contributed by atoms with van der Waals surface area (Å²) in [7, 11) is 0. The lowest BCUT2D eigenvalue weighted by Gasteiger charge is -2.11. The van der Waals surface area contributed by atoms with Gasteiger partial charge in [-0.15, -0.1) is 0 Å². The van der Waals surface area contributed by atoms with Crippen molar-refractivity contribution < 1.29 is 24.3 Å². The number of unbranched alkanes of at least 4 members (excludes halogenated alkanes) is 1. The summed E-state index contributed by atoms with van der Waals surface area (Å²) in [5, 5.41) is 14.7. The predicted molar refractivity (Wildman–Crippen MR) is 156 cm³/mol. The number of rotatable bonds is 13. The van der Waals surface area contributed by atoms with Gasteiger partial charge in [-0.25, -0.2) is 10.5 Å². The molecule has 0 aliphatic heterocycles. The van der Waals surface area contributed by atoms with E-state index in [1.165, 1.54) is 12.3 Å². The first-order valence-electron chi connectivity index (χ1n) is 12.7. The normalized spacial score (nSPS) is 10.4. The Morgan fingerprint density at radius 3 is 2.49 bits per heavy atom. The summed E-state index contributed by atoms with van der Waals surface area (Å²) in [4.78, 5) is 31.5. The van der Waals surface area contributed by atoms with Gasteiger partial charge in [0.1, 0.15) is 16.5 Å². The Morgan fingerprint density at radius 1 is 0.976 bits per heavy atom. The van der Waals surface area contributed by atoms with E-state index in [-0.39, 0.29) is 16.8 Å². The highest BCUT2D eigenvalue weighted by atomic mass is 35.5. The number of nitrogens with one attached hydrogen (secondary N) is 3. The van der Waals surface area contributed by atoms with Crippen LogP contribution in [-0.4, -0.2) is 33.6 Å². The Labute approximate surface area is 242 Å². The average molecular weight is 574 g/mol. The standard InChI is InChI=1S/C30H28ClN5O5/c1-2-27(37)33-23-7-5-8-25(18-23)41-29-26(31)19-32-30(35-29)34-22-13-15-24(16-14-22)40-17-4-3-6-20-9-11-21(12-10-20)28(38)36-39/h2,5,7-16,18-19,39H,1,3-4,6,17H2,(H,33,37)(H,36,38)(H,32,34,35). The van der Waals surface area contributed by atoms with Crippen LogP contribution in [0.25, 0.3) is 0 Å². The second-order valence-electron chi connectivity index (χ2n) is 8.76. The molecule has 41 heavy (non-hydrogen) atoms. The van der Waals surface area contributed by atoms with Crippen molar-refractivity contribution in [1.29, 1.82) is 0 Å². The van der Waals surface area contributed by atoms with Crippen LogP contribution in [0.3, 0.4) is 0 Å². The third-order valence-electron chi connectivity index (χ3n) is 5.77. The van der Waals surface area contributed by atoms with Gasteiger partial charge in [-0.2, -0.15) is 4.98 Å². The maximum Gasteiger partial charge on any atom is 0.274 e. The van der Waals surface area contributed by atoms with Gasteiger partial charge in [0, 0.05) is 23.0 Å². The molecular weight excluding hydrogens is 546 g/mol. The Bertz CT molecular complexity index is 1500. The third-order valence-corrected chi connectivity index (χ3v) is 6.03. The lowest BCUT2D eigenvalue weighted by Crippen LogP contribution is -2.18. The molecule has 10 nitrogen and oxygen atoms in total. The number of aromatic nitrogens is 2. The number of hydroxylamine groups is 1. The van der Waals surface area contributed by atoms with E-state index in [9.17, 15) is 9.59 Å². The van der Waals surface area contributed by atoms with Crippen molar-refractivity contribution in [3.8, 4) is 17.4 Å². The summed E-state index contributed by atoms with van der Waals surface area (Å²) in [5.74, 6) is 0.758. The summed E-state index contributed by atoms with van der Waals surface area (Å²) in [6.07, 6.45) is 5.27. The molecule has 0 aliphatic rings. The quantitative estimate of drug-likeness (QED) is 0.0632. The number of anilines is 3. The molecule has 0 fully saturated rings. The molecule has 3 aromatic carbocycles. The van der Waals surface area contributed by atoms with Crippen molar-refractivity contribution in [1.82, 2.24) is 15.4 Å². The number of aryl methyl sites for hydroxylation is 1. The first-order chi connectivity index (χ1) is 19.9. The van der Waals surface area contributed by atoms with E-state index in [1.807, 2.05) is 36.4 Å². The highest BCUT2D eigenvalue weighted by Gasteiger charge is 2.10. The molecule has 0 aliphatic carbocycles. The molecule has 0 atom stereocenters. The summed E-state index contributed by atoms with van der Waals surface area (Å²) in [6.45, 7) is 4.01. The monoisotopic (exact) mass is 573 g/mol. The lowest BCUT2D eigenvalue weighted by atomic mass is 10.1. The van der Waals surface area contributed by atoms with Gasteiger partial charge in [0.25, 0.3) is 5.91 Å². The van der Waals surface area contributed by atoms with E-state index < -0.39 is 5.91 Å². The molecule has 1 heterocycles. The highest BCUT2D eigenvalue weighted by molar-refractivity contribution is 6.31. The minimum atomic E-state index is -0.527. The number of halogens is 1. The van der Waals surface area contributed by atoms with Crippen molar-refractivity contribution >= 4 is 40.7 Å². The minimum absolute atomic E-state index is 0.155. The molecule has 2 amide bonds. The molecule has 0 radical (unpaired) electrons. The van der Waals surface area contributed by atoms with Crippen LogP contribution >= 0.6 is 11.6 Å². The number of hydrogen-bond acceptors (Lipinski definition) is 8. The molecule has 1 aromatic heterocycles. The largest absolute Gasteiger partial charge is 0.494 e. The smallest absolute Gasteiger partial charge is 0.274 e. The fourth-order valence-corrected chi connectivity index (χ4v) is 3.83. The summed E-state index contributed by atoms with van der Waals surface area (Å²) < 4.78 is 11.7. The van der Waals surface area contributed by atoms with Crippen LogP contribution in [0.15, 0.2) is 91.6 Å². The molecule has 0 spiro atoms. The minimum Gasteiger partial charge on any atom is -0.494 e. The van der Waals surface area contributed by atoms with Crippen molar-refractivity contribution in [3.63, 3.8) is 0 Å². The third kappa shape index (κ3) is 8.79. The van der Waals surface area contributed by atoms with Gasteiger partial charge >= 0.3 is 0 Å². The van der Waals surface area contributed by atoms with Gasteiger partial charge in [-0.3, -0.25) is 14.8 Å². The fraction of sp³-hybridized carbons (Fsp3) is 0.133. The molecule has 0 bridgehead atoms. The summed E-state index contributed by atoms with van der Waals surface area (Å²) >= 11 is 6.25. The van der Waals surface area contributed by atoms with Crippen molar-refractivity contribution in [2.45, 2.75) is 19.3 Å². The molecule has 0 unspecified atom stereocenters. The van der Waals surface area contributed by atoms with Gasteiger partial charge in [0.2, 0.25) is 17.7 Å². The van der Waals surface area contributed by atoms with Crippen molar-refractivity contribution in [2.75, 3.05) is 17.2 Å². The number of hydrogen-bond donors (Lipinski definition) is 4. The van der Waals surface area contributed by atoms with E-state index in [2.05, 4.69) is 27.2 Å². The van der Waals surface area contributed by atoms with Gasteiger partial charge < -0.3 is 20.1 Å². The van der Waals surface area contributed by atoms with Crippen molar-refractivity contribution in [2.24, 2.45) is 0 Å². The number of carbonyl (C=O) groups is 2. The molecule has 0 saturated carbocycles. The molecule has 11 heteroatoms. The van der Waals surface area contributed by atoms with E-state index >= 15 is 0 Å². The first-order valence-corrected chi connectivity index (χ1v) is 13.1. The zero-order valence-corrected chi connectivity index (χ0v) is 22.7. The van der Waals surface area contributed by atoms with Crippen molar-refractivity contribution in [3.05, 3.63) is 108 Å².